The number of rotatable bonds is 0. The van der Waals surface area contributed by atoms with Crippen molar-refractivity contribution in [3.8, 4) is 0 Å². The summed E-state index contributed by atoms with van der Waals surface area (Å²) in [7, 11) is 0. The molecule has 1 aliphatic heterocycles. The van der Waals surface area contributed by atoms with E-state index in [0.717, 1.165) is 12.3 Å². The van der Waals surface area contributed by atoms with Crippen LogP contribution in [-0.4, -0.2) is 15.7 Å². The minimum absolute atomic E-state index is 0.0776. The Morgan fingerprint density at radius 1 is 1.33 bits per heavy atom. The lowest BCUT2D eigenvalue weighted by Gasteiger charge is -2.26. The van der Waals surface area contributed by atoms with Crippen LogP contribution in [0, 0.1) is 5.41 Å². The Kier molecular flexibility index (Phi) is 2.43. The molecule has 0 atom stereocenters. The number of nitrogens with zero attached hydrogens (tertiary/aromatic N) is 2. The normalized spacial score (nSPS) is 29.8. The van der Waals surface area contributed by atoms with Crippen LogP contribution < -0.4 is 0 Å². The molecule has 0 bridgehead atoms. The summed E-state index contributed by atoms with van der Waals surface area (Å²) >= 11 is 8.38. The largest absolute Gasteiger partial charge is 0.300 e. The van der Waals surface area contributed by atoms with Gasteiger partial charge in [-0.2, -0.15) is 0 Å². The van der Waals surface area contributed by atoms with E-state index < -0.39 is 0 Å². The van der Waals surface area contributed by atoms with E-state index in [-0.39, 0.29) is 11.0 Å². The van der Waals surface area contributed by atoms with Gasteiger partial charge in [0.15, 0.2) is 0 Å². The molecule has 1 saturated heterocycles. The summed E-state index contributed by atoms with van der Waals surface area (Å²) < 4.78 is 5.89. The molecule has 0 radical (unpaired) electrons. The SMILES string of the molecule is CC1(C)CC(C)(C)N(S)C1=NS. The van der Waals surface area contributed by atoms with E-state index in [1.807, 2.05) is 4.31 Å². The molecular weight excluding hydrogens is 188 g/mol. The molecule has 0 N–H and O–H groups in total. The van der Waals surface area contributed by atoms with Crippen LogP contribution in [0.5, 0.6) is 0 Å². The van der Waals surface area contributed by atoms with Gasteiger partial charge in [-0.05, 0) is 33.1 Å². The lowest BCUT2D eigenvalue weighted by Crippen LogP contribution is -2.33. The van der Waals surface area contributed by atoms with E-state index in [4.69, 9.17) is 0 Å². The second kappa shape index (κ2) is 2.84. The van der Waals surface area contributed by atoms with Gasteiger partial charge >= 0.3 is 0 Å². The molecule has 0 unspecified atom stereocenters. The van der Waals surface area contributed by atoms with Crippen molar-refractivity contribution in [2.45, 2.75) is 39.7 Å². The molecule has 1 fully saturated rings. The molecule has 0 spiro atoms. The van der Waals surface area contributed by atoms with Crippen LogP contribution in [0.4, 0.5) is 0 Å². The predicted molar refractivity (Wildman–Crippen MR) is 59.7 cm³/mol. The third kappa shape index (κ3) is 1.46. The molecule has 70 valence electrons. The van der Waals surface area contributed by atoms with Gasteiger partial charge in [0.05, 0.1) is 0 Å². The zero-order chi connectivity index (χ0) is 9.57. The molecule has 0 aromatic carbocycles. The van der Waals surface area contributed by atoms with E-state index in [1.165, 1.54) is 0 Å². The fraction of sp³-hybridized carbons (Fsp3) is 0.875. The summed E-state index contributed by atoms with van der Waals surface area (Å²) in [6.45, 7) is 8.65. The average Bonchev–Trinajstić information content (AvgIpc) is 1.98. The van der Waals surface area contributed by atoms with Gasteiger partial charge in [0, 0.05) is 11.0 Å². The molecule has 0 saturated carbocycles. The number of hydrogen-bond donors (Lipinski definition) is 2. The van der Waals surface area contributed by atoms with Gasteiger partial charge in [-0.15, -0.1) is 0 Å². The Labute approximate surface area is 85.5 Å². The van der Waals surface area contributed by atoms with E-state index >= 15 is 0 Å². The van der Waals surface area contributed by atoms with Crippen LogP contribution in [0.1, 0.15) is 34.1 Å². The fourth-order valence-corrected chi connectivity index (χ4v) is 2.80. The van der Waals surface area contributed by atoms with Crippen LogP contribution in [0.25, 0.3) is 0 Å². The van der Waals surface area contributed by atoms with Gasteiger partial charge in [0.2, 0.25) is 0 Å². The third-order valence-corrected chi connectivity index (χ3v) is 3.27. The highest BCUT2D eigenvalue weighted by molar-refractivity contribution is 7.79. The first kappa shape index (κ1) is 10.3. The van der Waals surface area contributed by atoms with Gasteiger partial charge in [-0.25, -0.2) is 4.40 Å². The topological polar surface area (TPSA) is 15.6 Å². The highest BCUT2D eigenvalue weighted by Crippen LogP contribution is 2.43. The Hall–Kier alpha value is 0.170. The first-order valence-electron chi connectivity index (χ1n) is 4.03. The summed E-state index contributed by atoms with van der Waals surface area (Å²) in [6, 6.07) is 0. The van der Waals surface area contributed by atoms with Crippen molar-refractivity contribution < 1.29 is 0 Å². The molecule has 12 heavy (non-hydrogen) atoms. The van der Waals surface area contributed by atoms with E-state index in [9.17, 15) is 0 Å². The van der Waals surface area contributed by atoms with Gasteiger partial charge < -0.3 is 4.31 Å². The Bertz CT molecular complexity index is 221. The Morgan fingerprint density at radius 2 is 1.83 bits per heavy atom. The monoisotopic (exact) mass is 204 g/mol. The maximum atomic E-state index is 4.42. The maximum Gasteiger partial charge on any atom is 0.128 e. The first-order valence-corrected chi connectivity index (χ1v) is 4.83. The van der Waals surface area contributed by atoms with Crippen molar-refractivity contribution in [3.63, 3.8) is 0 Å². The van der Waals surface area contributed by atoms with Crippen molar-refractivity contribution >= 4 is 31.5 Å². The van der Waals surface area contributed by atoms with E-state index in [2.05, 4.69) is 57.7 Å². The van der Waals surface area contributed by atoms with E-state index in [0.29, 0.717) is 0 Å². The molecular formula is C8H16N2S2. The van der Waals surface area contributed by atoms with Crippen LogP contribution in [0.2, 0.25) is 0 Å². The van der Waals surface area contributed by atoms with Crippen molar-refractivity contribution in [3.05, 3.63) is 0 Å². The molecule has 2 nitrogen and oxygen atoms in total. The molecule has 1 heterocycles. The molecule has 1 rings (SSSR count). The summed E-state index contributed by atoms with van der Waals surface area (Å²) in [6.07, 6.45) is 1.06. The smallest absolute Gasteiger partial charge is 0.128 e. The molecule has 0 amide bonds. The highest BCUT2D eigenvalue weighted by atomic mass is 32.1. The van der Waals surface area contributed by atoms with Crippen LogP contribution >= 0.6 is 25.6 Å². The maximum absolute atomic E-state index is 4.42. The standard InChI is InChI=1S/C8H16N2S2/c1-7(2)5-8(3,4)10(12)6(7)9-11/h11-12H,5H2,1-4H3. The fourth-order valence-electron chi connectivity index (χ4n) is 1.99. The number of thiol groups is 2. The van der Waals surface area contributed by atoms with Crippen molar-refractivity contribution in [1.29, 1.82) is 0 Å². The minimum Gasteiger partial charge on any atom is -0.300 e. The first-order chi connectivity index (χ1) is 5.31. The molecule has 1 aliphatic rings. The lowest BCUT2D eigenvalue weighted by molar-refractivity contribution is 0.330. The Balaban J connectivity index is 3.05. The van der Waals surface area contributed by atoms with Gasteiger partial charge in [-0.3, -0.25) is 0 Å². The molecule has 4 heteroatoms. The summed E-state index contributed by atoms with van der Waals surface area (Å²) in [4.78, 5) is 0. The minimum atomic E-state index is 0.0776. The average molecular weight is 204 g/mol. The lowest BCUT2D eigenvalue weighted by atomic mass is 9.85. The summed E-state index contributed by atoms with van der Waals surface area (Å²) in [5.74, 6) is 0.958. The van der Waals surface area contributed by atoms with Crippen molar-refractivity contribution in [2.75, 3.05) is 0 Å². The second-order valence-electron chi connectivity index (χ2n) is 4.61. The second-order valence-corrected chi connectivity index (χ2v) is 5.21. The van der Waals surface area contributed by atoms with Crippen LogP contribution in [0.3, 0.4) is 0 Å². The van der Waals surface area contributed by atoms with E-state index in [1.54, 1.807) is 0 Å². The van der Waals surface area contributed by atoms with Gasteiger partial charge in [-0.1, -0.05) is 26.7 Å². The third-order valence-electron chi connectivity index (χ3n) is 2.35. The predicted octanol–water partition coefficient (Wildman–Crippen LogP) is 2.59. The Morgan fingerprint density at radius 3 is 2.00 bits per heavy atom. The summed E-state index contributed by atoms with van der Waals surface area (Å²) in [5.41, 5.74) is 0.168. The number of hydrogen-bond acceptors (Lipinski definition) is 3. The summed E-state index contributed by atoms with van der Waals surface area (Å²) in [5, 5.41) is 0. The van der Waals surface area contributed by atoms with Crippen LogP contribution in [0.15, 0.2) is 4.40 Å². The molecule has 0 aliphatic carbocycles. The zero-order valence-electron chi connectivity index (χ0n) is 8.00. The van der Waals surface area contributed by atoms with Crippen molar-refractivity contribution in [2.24, 2.45) is 9.81 Å². The van der Waals surface area contributed by atoms with Gasteiger partial charge in [0.25, 0.3) is 0 Å². The van der Waals surface area contributed by atoms with Crippen molar-refractivity contribution in [1.82, 2.24) is 4.31 Å². The molecule has 0 aromatic rings. The quantitative estimate of drug-likeness (QED) is 0.579. The zero-order valence-corrected chi connectivity index (χ0v) is 9.78. The molecule has 0 aromatic heterocycles. The highest BCUT2D eigenvalue weighted by Gasteiger charge is 2.46. The van der Waals surface area contributed by atoms with Crippen LogP contribution in [-0.2, 0) is 0 Å². The van der Waals surface area contributed by atoms with Gasteiger partial charge in [0.1, 0.15) is 5.84 Å². The number of amidine groups is 1.